The van der Waals surface area contributed by atoms with E-state index in [0.29, 0.717) is 24.9 Å². The van der Waals surface area contributed by atoms with Gasteiger partial charge in [0.2, 0.25) is 5.91 Å². The first kappa shape index (κ1) is 12.8. The number of aliphatic hydroxyl groups is 1. The summed E-state index contributed by atoms with van der Waals surface area (Å²) >= 11 is 1.60. The van der Waals surface area contributed by atoms with Crippen molar-refractivity contribution in [3.63, 3.8) is 0 Å². The standard InChI is InChI=1S/C10H20N2O2S/c1-10(14,7-15-2)6-11-5-9(13)12-8-3-4-8/h8,11,14H,3-7H2,1-2H3,(H,12,13). The second-order valence-electron chi connectivity index (χ2n) is 4.38. The molecule has 1 amide bonds. The van der Waals surface area contributed by atoms with Crippen molar-refractivity contribution in [2.45, 2.75) is 31.4 Å². The van der Waals surface area contributed by atoms with Crippen molar-refractivity contribution in [1.82, 2.24) is 10.6 Å². The quantitative estimate of drug-likeness (QED) is 0.577. The summed E-state index contributed by atoms with van der Waals surface area (Å²) in [7, 11) is 0. The Kier molecular flexibility index (Phi) is 4.89. The van der Waals surface area contributed by atoms with Crippen LogP contribution in [-0.2, 0) is 4.79 Å². The molecular formula is C10H20N2O2S. The first-order valence-corrected chi connectivity index (χ1v) is 6.64. The number of carbonyl (C=O) groups is 1. The lowest BCUT2D eigenvalue weighted by molar-refractivity contribution is -0.120. The summed E-state index contributed by atoms with van der Waals surface area (Å²) < 4.78 is 0. The van der Waals surface area contributed by atoms with Gasteiger partial charge in [-0.25, -0.2) is 0 Å². The number of rotatable bonds is 7. The van der Waals surface area contributed by atoms with Gasteiger partial charge in [-0.2, -0.15) is 11.8 Å². The van der Waals surface area contributed by atoms with E-state index in [9.17, 15) is 9.90 Å². The molecule has 88 valence electrons. The molecule has 0 saturated heterocycles. The topological polar surface area (TPSA) is 61.4 Å². The first-order chi connectivity index (χ1) is 7.03. The Hall–Kier alpha value is -0.260. The van der Waals surface area contributed by atoms with E-state index in [4.69, 9.17) is 0 Å². The maximum atomic E-state index is 11.3. The lowest BCUT2D eigenvalue weighted by Crippen LogP contribution is -2.44. The van der Waals surface area contributed by atoms with Gasteiger partial charge in [-0.3, -0.25) is 4.79 Å². The van der Waals surface area contributed by atoms with E-state index in [0.717, 1.165) is 12.8 Å². The molecule has 1 aliphatic rings. The Bertz CT molecular complexity index is 217. The molecule has 1 saturated carbocycles. The Labute approximate surface area is 95.2 Å². The third-order valence-corrected chi connectivity index (χ3v) is 3.10. The van der Waals surface area contributed by atoms with Crippen molar-refractivity contribution in [1.29, 1.82) is 0 Å². The van der Waals surface area contributed by atoms with E-state index in [2.05, 4.69) is 10.6 Å². The van der Waals surface area contributed by atoms with Crippen LogP contribution in [0.2, 0.25) is 0 Å². The predicted molar refractivity (Wildman–Crippen MR) is 63.0 cm³/mol. The smallest absolute Gasteiger partial charge is 0.234 e. The van der Waals surface area contributed by atoms with Gasteiger partial charge in [-0.05, 0) is 26.0 Å². The summed E-state index contributed by atoms with van der Waals surface area (Å²) in [5.41, 5.74) is -0.737. The van der Waals surface area contributed by atoms with E-state index in [1.54, 1.807) is 18.7 Å². The van der Waals surface area contributed by atoms with Crippen molar-refractivity contribution in [3.8, 4) is 0 Å². The summed E-state index contributed by atoms with van der Waals surface area (Å²) in [6.07, 6.45) is 4.17. The van der Waals surface area contributed by atoms with Gasteiger partial charge >= 0.3 is 0 Å². The molecule has 0 radical (unpaired) electrons. The summed E-state index contributed by atoms with van der Waals surface area (Å²) in [5.74, 6) is 0.696. The van der Waals surface area contributed by atoms with Crippen LogP contribution in [0.3, 0.4) is 0 Å². The summed E-state index contributed by atoms with van der Waals surface area (Å²) in [4.78, 5) is 11.3. The summed E-state index contributed by atoms with van der Waals surface area (Å²) in [6, 6.07) is 0.408. The zero-order valence-corrected chi connectivity index (χ0v) is 10.2. The van der Waals surface area contributed by atoms with Crippen LogP contribution < -0.4 is 10.6 Å². The van der Waals surface area contributed by atoms with Gasteiger partial charge in [0.05, 0.1) is 12.1 Å². The minimum absolute atomic E-state index is 0.0254. The van der Waals surface area contributed by atoms with Crippen molar-refractivity contribution in [3.05, 3.63) is 0 Å². The van der Waals surface area contributed by atoms with Crippen LogP contribution in [0, 0.1) is 0 Å². The number of hydrogen-bond donors (Lipinski definition) is 3. The highest BCUT2D eigenvalue weighted by Crippen LogP contribution is 2.18. The molecular weight excluding hydrogens is 212 g/mol. The van der Waals surface area contributed by atoms with Gasteiger partial charge in [0.15, 0.2) is 0 Å². The van der Waals surface area contributed by atoms with Crippen molar-refractivity contribution < 1.29 is 9.90 Å². The zero-order valence-electron chi connectivity index (χ0n) is 9.38. The van der Waals surface area contributed by atoms with Gasteiger partial charge in [-0.15, -0.1) is 0 Å². The number of amides is 1. The lowest BCUT2D eigenvalue weighted by Gasteiger charge is -2.22. The monoisotopic (exact) mass is 232 g/mol. The van der Waals surface area contributed by atoms with E-state index in [1.807, 2.05) is 6.26 Å². The predicted octanol–water partition coefficient (Wildman–Crippen LogP) is -0.0314. The molecule has 15 heavy (non-hydrogen) atoms. The minimum atomic E-state index is -0.737. The van der Waals surface area contributed by atoms with Crippen LogP contribution >= 0.6 is 11.8 Å². The second-order valence-corrected chi connectivity index (χ2v) is 5.24. The van der Waals surface area contributed by atoms with Gasteiger partial charge in [0, 0.05) is 18.3 Å². The Morgan fingerprint density at radius 2 is 2.27 bits per heavy atom. The maximum absolute atomic E-state index is 11.3. The largest absolute Gasteiger partial charge is 0.388 e. The molecule has 0 aromatic carbocycles. The first-order valence-electron chi connectivity index (χ1n) is 5.25. The average Bonchev–Trinajstić information content (AvgIpc) is 2.87. The molecule has 3 N–H and O–H groups in total. The van der Waals surface area contributed by atoms with Crippen LogP contribution in [0.25, 0.3) is 0 Å². The number of hydrogen-bond acceptors (Lipinski definition) is 4. The molecule has 0 aromatic rings. The molecule has 0 aromatic heterocycles. The Morgan fingerprint density at radius 3 is 2.80 bits per heavy atom. The summed E-state index contributed by atoms with van der Waals surface area (Å²) in [6.45, 7) is 2.52. The molecule has 0 heterocycles. The van der Waals surface area contributed by atoms with Crippen molar-refractivity contribution in [2.24, 2.45) is 0 Å². The number of nitrogens with one attached hydrogen (secondary N) is 2. The van der Waals surface area contributed by atoms with Crippen LogP contribution in [0.1, 0.15) is 19.8 Å². The highest BCUT2D eigenvalue weighted by molar-refractivity contribution is 7.98. The molecule has 1 aliphatic carbocycles. The Balaban J connectivity index is 2.05. The van der Waals surface area contributed by atoms with Crippen LogP contribution in [-0.4, -0.2) is 47.8 Å². The third-order valence-electron chi connectivity index (χ3n) is 2.19. The van der Waals surface area contributed by atoms with Gasteiger partial charge in [0.1, 0.15) is 0 Å². The lowest BCUT2D eigenvalue weighted by atomic mass is 10.1. The van der Waals surface area contributed by atoms with Gasteiger partial charge in [0.25, 0.3) is 0 Å². The molecule has 5 heteroatoms. The SMILES string of the molecule is CSCC(C)(O)CNCC(=O)NC1CC1. The van der Waals surface area contributed by atoms with E-state index in [-0.39, 0.29) is 5.91 Å². The molecule has 0 bridgehead atoms. The van der Waals surface area contributed by atoms with Crippen molar-refractivity contribution >= 4 is 17.7 Å². The molecule has 1 rings (SSSR count). The van der Waals surface area contributed by atoms with Crippen LogP contribution in [0.5, 0.6) is 0 Å². The fourth-order valence-corrected chi connectivity index (χ4v) is 2.04. The van der Waals surface area contributed by atoms with E-state index < -0.39 is 5.60 Å². The minimum Gasteiger partial charge on any atom is -0.388 e. The molecule has 1 atom stereocenters. The Morgan fingerprint density at radius 1 is 1.60 bits per heavy atom. The third kappa shape index (κ3) is 6.02. The fourth-order valence-electron chi connectivity index (χ4n) is 1.31. The molecule has 1 fully saturated rings. The van der Waals surface area contributed by atoms with Crippen LogP contribution in [0.4, 0.5) is 0 Å². The molecule has 0 aliphatic heterocycles. The van der Waals surface area contributed by atoms with E-state index in [1.165, 1.54) is 0 Å². The molecule has 4 nitrogen and oxygen atoms in total. The highest BCUT2D eigenvalue weighted by Gasteiger charge is 2.23. The van der Waals surface area contributed by atoms with E-state index >= 15 is 0 Å². The number of carbonyl (C=O) groups excluding carboxylic acids is 1. The maximum Gasteiger partial charge on any atom is 0.234 e. The average molecular weight is 232 g/mol. The van der Waals surface area contributed by atoms with Crippen LogP contribution in [0.15, 0.2) is 0 Å². The zero-order chi connectivity index (χ0) is 11.3. The highest BCUT2D eigenvalue weighted by atomic mass is 32.2. The molecule has 0 spiro atoms. The number of thioether (sulfide) groups is 1. The summed E-state index contributed by atoms with van der Waals surface area (Å²) in [5, 5.41) is 15.7. The normalized spacial score (nSPS) is 19.7. The molecule has 1 unspecified atom stereocenters. The van der Waals surface area contributed by atoms with Gasteiger partial charge < -0.3 is 15.7 Å². The van der Waals surface area contributed by atoms with Gasteiger partial charge in [-0.1, -0.05) is 0 Å². The van der Waals surface area contributed by atoms with Crippen molar-refractivity contribution in [2.75, 3.05) is 25.1 Å². The second kappa shape index (κ2) is 5.72. The fraction of sp³-hybridized carbons (Fsp3) is 0.900.